The Kier molecular flexibility index (Phi) is 21.2. The molecule has 4 aliphatic rings. The lowest BCUT2D eigenvalue weighted by molar-refractivity contribution is 0.0985. The van der Waals surface area contributed by atoms with Gasteiger partial charge in [0.1, 0.15) is 0 Å². The van der Waals surface area contributed by atoms with Crippen molar-refractivity contribution in [3.8, 4) is 34.1 Å². The van der Waals surface area contributed by atoms with Crippen molar-refractivity contribution in [1.82, 2.24) is 9.80 Å². The Morgan fingerprint density at radius 2 is 1.00 bits per heavy atom. The van der Waals surface area contributed by atoms with E-state index in [1.165, 1.54) is 66.1 Å². The molecule has 2 amide bonds. The number of nitrogens with zero attached hydrogens (tertiary/aromatic N) is 2. The van der Waals surface area contributed by atoms with Crippen LogP contribution in [-0.4, -0.2) is 131 Å². The zero-order valence-corrected chi connectivity index (χ0v) is 47.7. The van der Waals surface area contributed by atoms with E-state index in [0.717, 1.165) is 83.5 Å². The molecule has 0 bridgehead atoms. The van der Waals surface area contributed by atoms with Gasteiger partial charge < -0.3 is 60.1 Å². The first-order valence-electron chi connectivity index (χ1n) is 27.5. The van der Waals surface area contributed by atoms with Gasteiger partial charge >= 0.3 is 7.12 Å². The molecule has 80 heavy (non-hydrogen) atoms. The third-order valence-corrected chi connectivity index (χ3v) is 15.6. The Balaban J connectivity index is 0.000000176. The van der Waals surface area contributed by atoms with E-state index in [4.69, 9.17) is 29.0 Å². The van der Waals surface area contributed by atoms with Crippen LogP contribution in [0.2, 0.25) is 0 Å². The Morgan fingerprint density at radius 3 is 1.49 bits per heavy atom. The lowest BCUT2D eigenvalue weighted by Gasteiger charge is -2.17. The van der Waals surface area contributed by atoms with Crippen LogP contribution in [0.15, 0.2) is 114 Å². The van der Waals surface area contributed by atoms with E-state index in [2.05, 4.69) is 47.0 Å². The number of likely N-dealkylation sites (tertiary alicyclic amines) is 2. The first-order chi connectivity index (χ1) is 38.9. The van der Waals surface area contributed by atoms with E-state index in [-0.39, 0.29) is 23.4 Å². The van der Waals surface area contributed by atoms with E-state index < -0.39 is 7.12 Å². The van der Waals surface area contributed by atoms with Gasteiger partial charge in [0, 0.05) is 75.1 Å². The number of fused-ring (bicyclic) bond motifs is 2. The van der Waals surface area contributed by atoms with Crippen LogP contribution in [0.1, 0.15) is 104 Å². The van der Waals surface area contributed by atoms with Crippen LogP contribution in [0.4, 0.5) is 22.7 Å². The largest absolute Gasteiger partial charge is 0.493 e. The summed E-state index contributed by atoms with van der Waals surface area (Å²) in [4.78, 5) is 55.9. The molecule has 2 fully saturated rings. The van der Waals surface area contributed by atoms with Crippen LogP contribution >= 0.6 is 15.9 Å². The van der Waals surface area contributed by atoms with Gasteiger partial charge in [-0.05, 0) is 186 Å². The molecule has 6 aromatic carbocycles. The molecule has 6 N–H and O–H groups in total. The molecular formula is C62H72BBrN6O10. The maximum Gasteiger partial charge on any atom is 0.492 e. The monoisotopic (exact) mass is 1150 g/mol. The van der Waals surface area contributed by atoms with Gasteiger partial charge in [-0.25, -0.2) is 0 Å². The van der Waals surface area contributed by atoms with E-state index in [1.54, 1.807) is 38.5 Å². The van der Waals surface area contributed by atoms with Gasteiger partial charge in [0.2, 0.25) is 0 Å². The van der Waals surface area contributed by atoms with Crippen molar-refractivity contribution in [3.05, 3.63) is 147 Å². The fourth-order valence-electron chi connectivity index (χ4n) is 10.8. The van der Waals surface area contributed by atoms with E-state index >= 15 is 0 Å². The van der Waals surface area contributed by atoms with E-state index in [1.807, 2.05) is 84.9 Å². The predicted molar refractivity (Wildman–Crippen MR) is 320 cm³/mol. The number of hydrogen-bond donors (Lipinski definition) is 6. The molecular weight excluding hydrogens is 1080 g/mol. The maximum absolute atomic E-state index is 13.1. The number of halogens is 1. The number of benzene rings is 6. The maximum atomic E-state index is 13.1. The molecule has 10 rings (SSSR count). The lowest BCUT2D eigenvalue weighted by atomic mass is 9.79. The van der Waals surface area contributed by atoms with Gasteiger partial charge in [-0.2, -0.15) is 0 Å². The molecule has 2 saturated heterocycles. The molecule has 2 aliphatic heterocycles. The van der Waals surface area contributed by atoms with Crippen LogP contribution in [0, 0.1) is 0 Å². The molecule has 2 heterocycles. The van der Waals surface area contributed by atoms with Gasteiger partial charge in [0.15, 0.2) is 34.6 Å². The summed E-state index contributed by atoms with van der Waals surface area (Å²) in [5, 5.41) is 30.7. The van der Waals surface area contributed by atoms with Crippen LogP contribution in [0.25, 0.3) is 11.1 Å². The second-order valence-electron chi connectivity index (χ2n) is 20.0. The van der Waals surface area contributed by atoms with Crippen molar-refractivity contribution >= 4 is 74.6 Å². The summed E-state index contributed by atoms with van der Waals surface area (Å²) in [6.07, 6.45) is 9.75. The highest BCUT2D eigenvalue weighted by molar-refractivity contribution is 9.10. The second kappa shape index (κ2) is 28.8. The molecule has 0 atom stereocenters. The van der Waals surface area contributed by atoms with Crippen LogP contribution < -0.4 is 45.7 Å². The van der Waals surface area contributed by atoms with Crippen molar-refractivity contribution in [2.45, 2.75) is 64.2 Å². The number of ketones is 2. The fraction of sp³-hybridized carbons (Fsp3) is 0.355. The Hall–Kier alpha value is -7.22. The minimum Gasteiger partial charge on any atom is -0.493 e. The van der Waals surface area contributed by atoms with Gasteiger partial charge in [-0.1, -0.05) is 46.3 Å². The number of carbonyl (C=O) groups excluding carboxylic acids is 4. The molecule has 420 valence electrons. The van der Waals surface area contributed by atoms with E-state index in [0.29, 0.717) is 81.4 Å². The highest BCUT2D eigenvalue weighted by atomic mass is 79.9. The fourth-order valence-corrected chi connectivity index (χ4v) is 11.3. The van der Waals surface area contributed by atoms with Gasteiger partial charge in [0.05, 0.1) is 39.8 Å². The molecule has 0 unspecified atom stereocenters. The molecule has 0 aromatic heterocycles. The topological polar surface area (TPSA) is 200 Å². The van der Waals surface area contributed by atoms with Gasteiger partial charge in [0.25, 0.3) is 11.8 Å². The highest BCUT2D eigenvalue weighted by Gasteiger charge is 2.30. The van der Waals surface area contributed by atoms with Crippen LogP contribution in [0.5, 0.6) is 23.0 Å². The Labute approximate surface area is 477 Å². The van der Waals surface area contributed by atoms with Crippen molar-refractivity contribution in [2.24, 2.45) is 0 Å². The number of anilines is 4. The van der Waals surface area contributed by atoms with E-state index in [9.17, 15) is 19.2 Å². The van der Waals surface area contributed by atoms with Crippen molar-refractivity contribution in [1.29, 1.82) is 0 Å². The number of hydrogen-bond acceptors (Lipinski definition) is 14. The minimum atomic E-state index is -1.55. The standard InChI is InChI=1S/C31H35N3O4.C23H26BrN3O2.C8H11BO4/c1-37-28-8-5-7-25(30(28)38-2)23-13-15-26(29-24(23)14-16-27(29)35)33-31(36)21-9-11-22(12-10-21)32-17-6-20-34-18-3-4-19-34;24-19-9-10-20(22-18(19)8-11-21(22)28)26-23(29)16-4-6-17(7-5-16)25-12-3-15-27-13-1-2-14-27;1-12-7-5-3-4-6(9(10)11)8(7)13-2/h5,7-13,15,32H,3-4,6,14,16-20H2,1-2H3,(H,33,36);4-7,9-10,25H,1-3,8,11-15H2,(H,26,29);3-5,10-11H,1-2H3. The summed E-state index contributed by atoms with van der Waals surface area (Å²) >= 11 is 3.50. The third kappa shape index (κ3) is 14.8. The number of Topliss-reactive ketones (excluding diaryl/α,β-unsaturated/α-hetero) is 2. The Morgan fingerprint density at radius 1 is 0.537 bits per heavy atom. The summed E-state index contributed by atoms with van der Waals surface area (Å²) in [6, 6.07) is 33.0. The summed E-state index contributed by atoms with van der Waals surface area (Å²) in [6.45, 7) is 9.00. The summed E-state index contributed by atoms with van der Waals surface area (Å²) in [5.41, 5.74) is 9.48. The first-order valence-corrected chi connectivity index (χ1v) is 28.3. The Bertz CT molecular complexity index is 3110. The first kappa shape index (κ1) is 58.9. The molecule has 6 aromatic rings. The lowest BCUT2D eigenvalue weighted by Crippen LogP contribution is -2.31. The number of amides is 2. The number of rotatable bonds is 20. The van der Waals surface area contributed by atoms with Gasteiger partial charge in [-0.3, -0.25) is 19.2 Å². The average molecular weight is 1150 g/mol. The zero-order valence-electron chi connectivity index (χ0n) is 46.1. The van der Waals surface area contributed by atoms with Crippen molar-refractivity contribution < 1.29 is 48.2 Å². The number of carbonyl (C=O) groups is 4. The van der Waals surface area contributed by atoms with Crippen molar-refractivity contribution in [3.63, 3.8) is 0 Å². The second-order valence-corrected chi connectivity index (χ2v) is 20.9. The normalized spacial score (nSPS) is 14.4. The summed E-state index contributed by atoms with van der Waals surface area (Å²) in [7, 11) is 4.60. The number of ether oxygens (including phenoxy) is 4. The quantitative estimate of drug-likeness (QED) is 0.0312. The van der Waals surface area contributed by atoms with Crippen LogP contribution in [-0.2, 0) is 12.8 Å². The molecule has 0 radical (unpaired) electrons. The molecule has 2 aliphatic carbocycles. The molecule has 18 heteroatoms. The van der Waals surface area contributed by atoms with Crippen LogP contribution in [0.3, 0.4) is 0 Å². The summed E-state index contributed by atoms with van der Waals surface area (Å²) in [5.74, 6) is 1.77. The highest BCUT2D eigenvalue weighted by Crippen LogP contribution is 2.44. The summed E-state index contributed by atoms with van der Waals surface area (Å²) < 4.78 is 22.0. The van der Waals surface area contributed by atoms with Crippen molar-refractivity contribution in [2.75, 3.05) is 102 Å². The number of methoxy groups -OCH3 is 4. The average Bonchev–Trinajstić information content (AvgIpc) is 4.39. The minimum absolute atomic E-state index is 0.0347. The smallest absolute Gasteiger partial charge is 0.492 e. The SMILES string of the molecule is COc1cccc(-c2ccc(NC(=O)c3ccc(NCCCN4CCCC4)cc3)c3c2CCC3=O)c1OC.COc1cccc(B(O)O)c1OC.O=C(Nc1ccc(Br)c2c1C(=O)CC2)c1ccc(NCCCN2CCCC2)cc1. The molecule has 16 nitrogen and oxygen atoms in total. The zero-order chi connectivity index (χ0) is 56.5. The number of nitrogens with one attached hydrogen (secondary N) is 4. The number of para-hydroxylation sites is 2. The molecule has 0 spiro atoms. The third-order valence-electron chi connectivity index (χ3n) is 14.9. The molecule has 0 saturated carbocycles. The predicted octanol–water partition coefficient (Wildman–Crippen LogP) is 9.76. The van der Waals surface area contributed by atoms with Gasteiger partial charge in [-0.15, -0.1) is 0 Å².